The van der Waals surface area contributed by atoms with Gasteiger partial charge in [0, 0.05) is 6.04 Å². The Morgan fingerprint density at radius 2 is 2.08 bits per heavy atom. The van der Waals surface area contributed by atoms with Gasteiger partial charge in [0.1, 0.15) is 0 Å². The number of nitrogens with two attached hydrogens (primary N) is 1. The van der Waals surface area contributed by atoms with Crippen LogP contribution in [-0.2, 0) is 9.53 Å². The number of esters is 1. The molecule has 1 fully saturated rings. The van der Waals surface area contributed by atoms with Gasteiger partial charge in [0.25, 0.3) is 0 Å². The molecule has 4 heteroatoms. The molecule has 13 heavy (non-hydrogen) atoms. The Labute approximate surface area is 85.4 Å². The standard InChI is InChI=1S/C9H17NO2.ClH/c1-12-9(11)6-8(10)7-4-2-3-5-7;/h7-8H,2-6,10H2,1H3;1H. The van der Waals surface area contributed by atoms with Crippen molar-refractivity contribution in [2.45, 2.75) is 38.1 Å². The van der Waals surface area contributed by atoms with Crippen molar-refractivity contribution >= 4 is 18.4 Å². The minimum Gasteiger partial charge on any atom is -0.469 e. The van der Waals surface area contributed by atoms with Gasteiger partial charge in [0.15, 0.2) is 0 Å². The van der Waals surface area contributed by atoms with Crippen molar-refractivity contribution in [2.75, 3.05) is 7.11 Å². The second-order valence-corrected chi connectivity index (χ2v) is 3.49. The molecule has 1 unspecified atom stereocenters. The van der Waals surface area contributed by atoms with E-state index in [0.717, 1.165) is 0 Å². The van der Waals surface area contributed by atoms with E-state index >= 15 is 0 Å². The number of methoxy groups -OCH3 is 1. The summed E-state index contributed by atoms with van der Waals surface area (Å²) in [6.45, 7) is 0. The summed E-state index contributed by atoms with van der Waals surface area (Å²) in [6, 6.07) is 0.0138. The molecule has 0 aliphatic heterocycles. The van der Waals surface area contributed by atoms with E-state index in [9.17, 15) is 4.79 Å². The first kappa shape index (κ1) is 12.7. The van der Waals surface area contributed by atoms with Gasteiger partial charge in [-0.15, -0.1) is 12.4 Å². The molecule has 1 atom stereocenters. The van der Waals surface area contributed by atoms with Gasteiger partial charge in [-0.1, -0.05) is 12.8 Å². The molecule has 0 saturated heterocycles. The van der Waals surface area contributed by atoms with Crippen LogP contribution >= 0.6 is 12.4 Å². The summed E-state index contributed by atoms with van der Waals surface area (Å²) in [7, 11) is 1.41. The molecular weight excluding hydrogens is 190 g/mol. The van der Waals surface area contributed by atoms with E-state index in [4.69, 9.17) is 5.73 Å². The summed E-state index contributed by atoms with van der Waals surface area (Å²) in [6.07, 6.45) is 5.26. The largest absolute Gasteiger partial charge is 0.469 e. The molecular formula is C9H18ClNO2. The predicted molar refractivity (Wildman–Crippen MR) is 53.8 cm³/mol. The van der Waals surface area contributed by atoms with Gasteiger partial charge in [-0.05, 0) is 18.8 Å². The van der Waals surface area contributed by atoms with E-state index in [-0.39, 0.29) is 24.4 Å². The molecule has 1 rings (SSSR count). The van der Waals surface area contributed by atoms with Crippen LogP contribution in [0.25, 0.3) is 0 Å². The number of hydrogen-bond donors (Lipinski definition) is 1. The van der Waals surface area contributed by atoms with E-state index in [0.29, 0.717) is 12.3 Å². The highest BCUT2D eigenvalue weighted by molar-refractivity contribution is 5.85. The molecule has 0 aromatic rings. The fraction of sp³-hybridized carbons (Fsp3) is 0.889. The normalized spacial score (nSPS) is 19.2. The van der Waals surface area contributed by atoms with Crippen LogP contribution in [0.4, 0.5) is 0 Å². The highest BCUT2D eigenvalue weighted by Gasteiger charge is 2.23. The second-order valence-electron chi connectivity index (χ2n) is 3.49. The van der Waals surface area contributed by atoms with Gasteiger partial charge in [-0.3, -0.25) is 4.79 Å². The van der Waals surface area contributed by atoms with Crippen molar-refractivity contribution in [3.8, 4) is 0 Å². The average Bonchev–Trinajstić information content (AvgIpc) is 2.56. The summed E-state index contributed by atoms with van der Waals surface area (Å²) < 4.78 is 4.56. The summed E-state index contributed by atoms with van der Waals surface area (Å²) in [5, 5.41) is 0. The summed E-state index contributed by atoms with van der Waals surface area (Å²) in [4.78, 5) is 10.9. The maximum Gasteiger partial charge on any atom is 0.307 e. The van der Waals surface area contributed by atoms with Crippen molar-refractivity contribution < 1.29 is 9.53 Å². The van der Waals surface area contributed by atoms with Crippen LogP contribution in [0, 0.1) is 5.92 Å². The van der Waals surface area contributed by atoms with Crippen LogP contribution in [0.3, 0.4) is 0 Å². The van der Waals surface area contributed by atoms with E-state index < -0.39 is 0 Å². The van der Waals surface area contributed by atoms with Crippen molar-refractivity contribution in [1.82, 2.24) is 0 Å². The first-order valence-corrected chi connectivity index (χ1v) is 4.56. The minimum absolute atomic E-state index is 0. The SMILES string of the molecule is COC(=O)CC(N)C1CCCC1.Cl. The lowest BCUT2D eigenvalue weighted by Gasteiger charge is -2.16. The zero-order valence-corrected chi connectivity index (χ0v) is 8.81. The Balaban J connectivity index is 0.00000144. The Bertz CT molecular complexity index is 158. The maximum absolute atomic E-state index is 10.9. The monoisotopic (exact) mass is 207 g/mol. The molecule has 0 aromatic carbocycles. The molecule has 2 N–H and O–H groups in total. The van der Waals surface area contributed by atoms with Crippen molar-refractivity contribution in [3.63, 3.8) is 0 Å². The van der Waals surface area contributed by atoms with Gasteiger partial charge in [0.2, 0.25) is 0 Å². The number of rotatable bonds is 3. The zero-order chi connectivity index (χ0) is 8.97. The number of carbonyl (C=O) groups is 1. The van der Waals surface area contributed by atoms with Gasteiger partial charge in [0.05, 0.1) is 13.5 Å². The zero-order valence-electron chi connectivity index (χ0n) is 7.99. The Morgan fingerprint density at radius 3 is 2.54 bits per heavy atom. The van der Waals surface area contributed by atoms with Gasteiger partial charge in [-0.2, -0.15) is 0 Å². The third-order valence-electron chi connectivity index (χ3n) is 2.64. The lowest BCUT2D eigenvalue weighted by molar-refractivity contribution is -0.141. The van der Waals surface area contributed by atoms with Crippen LogP contribution in [0.5, 0.6) is 0 Å². The van der Waals surface area contributed by atoms with E-state index in [1.807, 2.05) is 0 Å². The van der Waals surface area contributed by atoms with E-state index in [2.05, 4.69) is 4.74 Å². The van der Waals surface area contributed by atoms with Crippen LogP contribution < -0.4 is 5.73 Å². The number of ether oxygens (including phenoxy) is 1. The fourth-order valence-electron chi connectivity index (χ4n) is 1.83. The third-order valence-corrected chi connectivity index (χ3v) is 2.64. The Morgan fingerprint density at radius 1 is 1.54 bits per heavy atom. The van der Waals surface area contributed by atoms with Crippen molar-refractivity contribution in [2.24, 2.45) is 11.7 Å². The summed E-state index contributed by atoms with van der Waals surface area (Å²) in [5.74, 6) is 0.360. The molecule has 78 valence electrons. The predicted octanol–water partition coefficient (Wildman–Crippen LogP) is 1.49. The fourth-order valence-corrected chi connectivity index (χ4v) is 1.83. The van der Waals surface area contributed by atoms with Gasteiger partial charge in [-0.25, -0.2) is 0 Å². The van der Waals surface area contributed by atoms with Crippen LogP contribution in [0.1, 0.15) is 32.1 Å². The number of halogens is 1. The Kier molecular flexibility index (Phi) is 6.08. The smallest absolute Gasteiger partial charge is 0.307 e. The van der Waals surface area contributed by atoms with Crippen LogP contribution in [-0.4, -0.2) is 19.1 Å². The van der Waals surface area contributed by atoms with Gasteiger partial charge >= 0.3 is 5.97 Å². The molecule has 1 aliphatic rings. The molecule has 1 aliphatic carbocycles. The topological polar surface area (TPSA) is 52.3 Å². The van der Waals surface area contributed by atoms with Crippen LogP contribution in [0.15, 0.2) is 0 Å². The highest BCUT2D eigenvalue weighted by atomic mass is 35.5. The van der Waals surface area contributed by atoms with Crippen molar-refractivity contribution in [3.05, 3.63) is 0 Å². The van der Waals surface area contributed by atoms with Gasteiger partial charge < -0.3 is 10.5 Å². The molecule has 1 saturated carbocycles. The lowest BCUT2D eigenvalue weighted by Crippen LogP contribution is -2.31. The van der Waals surface area contributed by atoms with E-state index in [1.165, 1.54) is 32.8 Å². The summed E-state index contributed by atoms with van der Waals surface area (Å²) in [5.41, 5.74) is 5.85. The molecule has 3 nitrogen and oxygen atoms in total. The lowest BCUT2D eigenvalue weighted by atomic mass is 9.96. The third kappa shape index (κ3) is 3.96. The first-order chi connectivity index (χ1) is 5.74. The molecule has 0 bridgehead atoms. The maximum atomic E-state index is 10.9. The molecule has 0 amide bonds. The second kappa shape index (κ2) is 6.22. The molecule has 0 spiro atoms. The molecule has 0 heterocycles. The van der Waals surface area contributed by atoms with E-state index in [1.54, 1.807) is 0 Å². The first-order valence-electron chi connectivity index (χ1n) is 4.56. The summed E-state index contributed by atoms with van der Waals surface area (Å²) >= 11 is 0. The number of carbonyl (C=O) groups excluding carboxylic acids is 1. The van der Waals surface area contributed by atoms with Crippen LogP contribution in [0.2, 0.25) is 0 Å². The minimum atomic E-state index is -0.186. The van der Waals surface area contributed by atoms with Crippen molar-refractivity contribution in [1.29, 1.82) is 0 Å². The Hall–Kier alpha value is -0.280. The molecule has 0 aromatic heterocycles. The highest BCUT2D eigenvalue weighted by Crippen LogP contribution is 2.27. The molecule has 0 radical (unpaired) electrons. The number of hydrogen-bond acceptors (Lipinski definition) is 3. The average molecular weight is 208 g/mol. The quantitative estimate of drug-likeness (QED) is 0.714.